The van der Waals surface area contributed by atoms with Crippen molar-refractivity contribution in [2.45, 2.75) is 171 Å². The first kappa shape index (κ1) is 68.7. The summed E-state index contributed by atoms with van der Waals surface area (Å²) < 4.78 is 18.4. The summed E-state index contributed by atoms with van der Waals surface area (Å²) in [6.07, 6.45) is 6.62. The van der Waals surface area contributed by atoms with Gasteiger partial charge in [-0.05, 0) is 56.4 Å². The minimum atomic E-state index is -1.51. The highest BCUT2D eigenvalue weighted by Gasteiger charge is 2.43. The zero-order valence-electron chi connectivity index (χ0n) is 49.5. The quantitative estimate of drug-likeness (QED) is 0.0385. The number of urea groups is 1. The molecule has 2 fully saturated rings. The van der Waals surface area contributed by atoms with Gasteiger partial charge in [-0.2, -0.15) is 11.8 Å². The molecule has 87 heavy (non-hydrogen) atoms. The van der Waals surface area contributed by atoms with Crippen LogP contribution in [-0.4, -0.2) is 182 Å². The predicted octanol–water partition coefficient (Wildman–Crippen LogP) is 1.39. The van der Waals surface area contributed by atoms with E-state index in [9.17, 15) is 57.8 Å². The van der Waals surface area contributed by atoms with Gasteiger partial charge >= 0.3 is 12.0 Å². The second-order valence-corrected chi connectivity index (χ2v) is 23.9. The SMILES string of the molecule is CC(C)[C@H]1NC(=O)[C@@H](CC(=O)O)CC(=O)[C@@H](Cc2ccccc2)NC(=O)[C@@H](CC(=O)COCCOCCOCCCC(=O)CCCC[C@H]2SC[C@H]3NC(=O)N[C@H]32)Cc2cn(nn2)CCCC[C@@H](C(N)=O)NC(=O)[C@@H](Cc2cnc[nH]2)NC(=O)CCC1=O. The number of amides is 7. The third kappa shape index (κ3) is 24.0. The molecular weight excluding hydrogens is 1150 g/mol. The standard InChI is InChI=1S/C59H84N12O15S/c1-36(2)53-48(74)17-18-51(76)63-46(30-40-31-61-35-62-40)58(82)64-44(55(60)79)15-8-9-19-71-32-41(69-70-71)26-38(56(80)65-45(25-37-11-4-3-5-12-37)49(75)28-39(29-52(77)78)57(81)67-53)27-43(73)33-86-24-23-85-22-21-84-20-10-14-42(72)13-6-7-16-50-54-47(34-87-50)66-59(83)68-54/h3-5,11-12,31-32,35-36,38-39,44-47,50,53-54H,6-10,13-30,33-34H2,1-2H3,(H2,60,79)(H,61,62)(H,63,76)(H,64,82)(H,65,80)(H,67,81)(H,77,78)(H2,66,68,83)/t38-,39-,44+,45-,46-,47-,50-,53-,54-/m1/s1. The molecule has 476 valence electrons. The Bertz CT molecular complexity index is 2780. The number of aliphatic carboxylic acids is 1. The van der Waals surface area contributed by atoms with Gasteiger partial charge in [0.15, 0.2) is 17.3 Å². The number of unbranched alkanes of at least 4 members (excludes halogenated alkanes) is 1. The van der Waals surface area contributed by atoms with E-state index in [0.717, 1.165) is 25.0 Å². The summed E-state index contributed by atoms with van der Waals surface area (Å²) in [5, 5.41) is 35.4. The number of thioether (sulfide) groups is 1. The number of rotatable bonds is 27. The van der Waals surface area contributed by atoms with Crippen LogP contribution in [0.5, 0.6) is 0 Å². The van der Waals surface area contributed by atoms with Crippen LogP contribution < -0.4 is 37.6 Å². The normalized spacial score (nSPS) is 24.0. The lowest BCUT2D eigenvalue weighted by Crippen LogP contribution is -2.53. The molecule has 2 aromatic heterocycles. The van der Waals surface area contributed by atoms with Crippen LogP contribution in [0.1, 0.15) is 121 Å². The number of Topliss-reactive ketones (excluding diaryl/α,β-unsaturated/α-hetero) is 4. The van der Waals surface area contributed by atoms with E-state index in [1.807, 2.05) is 11.8 Å². The minimum Gasteiger partial charge on any atom is -0.481 e. The van der Waals surface area contributed by atoms with E-state index in [4.69, 9.17) is 19.9 Å². The highest BCUT2D eigenvalue weighted by molar-refractivity contribution is 8.00. The Balaban J connectivity index is 1.07. The summed E-state index contributed by atoms with van der Waals surface area (Å²) in [6, 6.07) is 3.99. The van der Waals surface area contributed by atoms with Gasteiger partial charge in [0.1, 0.15) is 24.5 Å². The number of carboxylic acids is 1. The zero-order chi connectivity index (χ0) is 62.7. The molecule has 9 atom stereocenters. The first-order chi connectivity index (χ1) is 41.8. The molecular formula is C59H84N12O15S. The highest BCUT2D eigenvalue weighted by atomic mass is 32.2. The Morgan fingerprint density at radius 3 is 2.20 bits per heavy atom. The molecule has 10 N–H and O–H groups in total. The number of fused-ring (bicyclic) bond motifs is 3. The van der Waals surface area contributed by atoms with E-state index >= 15 is 0 Å². The van der Waals surface area contributed by atoms with Crippen LogP contribution in [-0.2, 0) is 88.0 Å². The molecule has 1 aromatic carbocycles. The molecule has 0 aliphatic carbocycles. The number of nitrogens with one attached hydrogen (secondary N) is 7. The van der Waals surface area contributed by atoms with Crippen LogP contribution in [0.2, 0.25) is 0 Å². The van der Waals surface area contributed by atoms with Gasteiger partial charge in [0.05, 0.1) is 80.9 Å². The average molecular weight is 1230 g/mol. The van der Waals surface area contributed by atoms with Crippen LogP contribution in [0.3, 0.4) is 0 Å². The van der Waals surface area contributed by atoms with E-state index in [1.165, 1.54) is 17.2 Å². The summed E-state index contributed by atoms with van der Waals surface area (Å²) in [7, 11) is 0. The number of aryl methyl sites for hydroxylation is 1. The summed E-state index contributed by atoms with van der Waals surface area (Å²) in [4.78, 5) is 153. The molecule has 0 spiro atoms. The van der Waals surface area contributed by atoms with E-state index < -0.39 is 120 Å². The summed E-state index contributed by atoms with van der Waals surface area (Å²) in [5.41, 5.74) is 7.15. The smallest absolute Gasteiger partial charge is 0.315 e. The van der Waals surface area contributed by atoms with Crippen molar-refractivity contribution < 1.29 is 72.1 Å². The number of H-pyrrole nitrogens is 1. The van der Waals surface area contributed by atoms with Crippen LogP contribution in [0, 0.1) is 17.8 Å². The second-order valence-electron chi connectivity index (χ2n) is 22.7. The number of carboxylic acid groups (broad SMARTS) is 1. The third-order valence-corrected chi connectivity index (χ3v) is 16.8. The van der Waals surface area contributed by atoms with Crippen molar-refractivity contribution >= 4 is 76.4 Å². The molecule has 7 amide bonds. The van der Waals surface area contributed by atoms with Gasteiger partial charge in [-0.25, -0.2) is 9.78 Å². The van der Waals surface area contributed by atoms with Crippen LogP contribution >= 0.6 is 11.8 Å². The molecule has 2 bridgehead atoms. The van der Waals surface area contributed by atoms with Crippen LogP contribution in [0.25, 0.3) is 0 Å². The van der Waals surface area contributed by atoms with Crippen molar-refractivity contribution in [3.05, 3.63) is 66.0 Å². The molecule has 0 saturated carbocycles. The third-order valence-electron chi connectivity index (χ3n) is 15.3. The molecule has 3 aliphatic rings. The Morgan fingerprint density at radius 1 is 0.747 bits per heavy atom. The minimum absolute atomic E-state index is 0.0401. The Kier molecular flexibility index (Phi) is 28.4. The number of hydrogen-bond acceptors (Lipinski definition) is 18. The van der Waals surface area contributed by atoms with Crippen molar-refractivity contribution in [3.63, 3.8) is 0 Å². The van der Waals surface area contributed by atoms with E-state index in [-0.39, 0.29) is 95.6 Å². The van der Waals surface area contributed by atoms with Gasteiger partial charge < -0.3 is 61.9 Å². The number of aromatic nitrogens is 5. The summed E-state index contributed by atoms with van der Waals surface area (Å²) in [6.45, 7) is 4.26. The number of benzene rings is 1. The van der Waals surface area contributed by atoms with Gasteiger partial charge in [0, 0.05) is 93.6 Å². The first-order valence-electron chi connectivity index (χ1n) is 29.9. The number of nitrogens with two attached hydrogens (primary N) is 1. The molecule has 0 unspecified atom stereocenters. The Morgan fingerprint density at radius 2 is 1.47 bits per heavy atom. The van der Waals surface area contributed by atoms with Gasteiger partial charge in [0.25, 0.3) is 0 Å². The van der Waals surface area contributed by atoms with Crippen molar-refractivity contribution in [2.75, 3.05) is 45.4 Å². The summed E-state index contributed by atoms with van der Waals surface area (Å²) in [5.74, 6) is -9.17. The molecule has 28 heteroatoms. The van der Waals surface area contributed by atoms with E-state index in [1.54, 1.807) is 50.4 Å². The van der Waals surface area contributed by atoms with Crippen molar-refractivity contribution in [1.82, 2.24) is 56.9 Å². The number of aromatic amines is 1. The van der Waals surface area contributed by atoms with Crippen molar-refractivity contribution in [2.24, 2.45) is 23.5 Å². The largest absolute Gasteiger partial charge is 0.481 e. The molecule has 5 heterocycles. The number of ether oxygens (including phenoxy) is 3. The maximum absolute atomic E-state index is 14.5. The number of primary amides is 1. The van der Waals surface area contributed by atoms with Crippen molar-refractivity contribution in [1.29, 1.82) is 0 Å². The maximum Gasteiger partial charge on any atom is 0.315 e. The Hall–Kier alpha value is -7.43. The second kappa shape index (κ2) is 36.0. The topological polar surface area (TPSA) is 393 Å². The monoisotopic (exact) mass is 1230 g/mol. The van der Waals surface area contributed by atoms with Gasteiger partial charge in [-0.3, -0.25) is 52.6 Å². The fourth-order valence-corrected chi connectivity index (χ4v) is 12.2. The molecule has 0 radical (unpaired) electrons. The lowest BCUT2D eigenvalue weighted by molar-refractivity contribution is -0.143. The number of hydrogen-bond donors (Lipinski definition) is 9. The van der Waals surface area contributed by atoms with E-state index in [2.05, 4.69) is 52.2 Å². The fourth-order valence-electron chi connectivity index (χ4n) is 10.6. The van der Waals surface area contributed by atoms with Crippen molar-refractivity contribution in [3.8, 4) is 0 Å². The molecule has 6 rings (SSSR count). The molecule has 3 aliphatic heterocycles. The fraction of sp³-hybridized carbons (Fsp3) is 0.627. The Labute approximate surface area is 509 Å². The van der Waals surface area contributed by atoms with Crippen LogP contribution in [0.4, 0.5) is 4.79 Å². The number of nitrogens with zero attached hydrogens (tertiary/aromatic N) is 4. The predicted molar refractivity (Wildman–Crippen MR) is 315 cm³/mol. The zero-order valence-corrected chi connectivity index (χ0v) is 50.3. The maximum atomic E-state index is 14.5. The number of carbonyl (C=O) groups excluding carboxylic acids is 10. The number of imidazole rings is 1. The number of ketones is 4. The first-order valence-corrected chi connectivity index (χ1v) is 31.0. The summed E-state index contributed by atoms with van der Waals surface area (Å²) >= 11 is 1.86. The van der Waals surface area contributed by atoms with E-state index in [0.29, 0.717) is 60.9 Å². The lowest BCUT2D eigenvalue weighted by Gasteiger charge is -2.26. The van der Waals surface area contributed by atoms with Gasteiger partial charge in [0.2, 0.25) is 29.5 Å². The average Bonchev–Trinajstić information content (AvgIpc) is 2.44. The van der Waals surface area contributed by atoms with Gasteiger partial charge in [-0.15, -0.1) is 5.10 Å². The molecule has 27 nitrogen and oxygen atoms in total. The lowest BCUT2D eigenvalue weighted by atomic mass is 9.89. The molecule has 2 saturated heterocycles. The van der Waals surface area contributed by atoms with Gasteiger partial charge in [-0.1, -0.05) is 55.8 Å². The molecule has 3 aromatic rings. The number of carbonyl (C=O) groups is 11. The highest BCUT2D eigenvalue weighted by Crippen LogP contribution is 2.33. The van der Waals surface area contributed by atoms with Crippen LogP contribution in [0.15, 0.2) is 49.1 Å².